The van der Waals surface area contributed by atoms with Crippen LogP contribution in [0, 0.1) is 0 Å². The molecule has 0 unspecified atom stereocenters. The Hall–Kier alpha value is -0.500. The Labute approximate surface area is 72.2 Å². The first-order chi connectivity index (χ1) is 5.20. The first-order valence-corrected chi connectivity index (χ1v) is 4.28. The summed E-state index contributed by atoms with van der Waals surface area (Å²) in [7, 11) is 1.88. The molecule has 11 heavy (non-hydrogen) atoms. The number of hydrogen-bond donors (Lipinski definition) is 0. The lowest BCUT2D eigenvalue weighted by Gasteiger charge is -1.93. The van der Waals surface area contributed by atoms with Crippen LogP contribution in [-0.2, 0) is 19.9 Å². The lowest BCUT2D eigenvalue weighted by Crippen LogP contribution is -1.90. The number of aryl methyl sites for hydroxylation is 2. The van der Waals surface area contributed by atoms with Gasteiger partial charge in [0, 0.05) is 12.6 Å². The van der Waals surface area contributed by atoms with E-state index in [1.165, 1.54) is 5.56 Å². The summed E-state index contributed by atoms with van der Waals surface area (Å²) >= 11 is 5.99. The Morgan fingerprint density at radius 1 is 1.36 bits per heavy atom. The molecule has 2 nitrogen and oxygen atoms in total. The first kappa shape index (κ1) is 8.60. The van der Waals surface area contributed by atoms with Crippen LogP contribution in [0.3, 0.4) is 0 Å². The minimum Gasteiger partial charge on any atom is -0.257 e. The highest BCUT2D eigenvalue weighted by Gasteiger charge is 2.09. The number of halogens is 1. The van der Waals surface area contributed by atoms with Gasteiger partial charge in [0.2, 0.25) is 0 Å². The van der Waals surface area contributed by atoms with E-state index >= 15 is 0 Å². The highest BCUT2D eigenvalue weighted by atomic mass is 35.5. The van der Waals surface area contributed by atoms with Crippen LogP contribution >= 0.6 is 11.6 Å². The molecule has 1 heterocycles. The zero-order chi connectivity index (χ0) is 8.43. The quantitative estimate of drug-likeness (QED) is 0.669. The average molecular weight is 173 g/mol. The summed E-state index contributed by atoms with van der Waals surface area (Å²) in [6.07, 6.45) is 1.93. The van der Waals surface area contributed by atoms with E-state index in [1.807, 2.05) is 7.05 Å². The zero-order valence-corrected chi connectivity index (χ0v) is 7.94. The summed E-state index contributed by atoms with van der Waals surface area (Å²) in [5.74, 6) is 0. The van der Waals surface area contributed by atoms with Crippen molar-refractivity contribution >= 4 is 11.6 Å². The van der Waals surface area contributed by atoms with Crippen LogP contribution in [0.15, 0.2) is 0 Å². The Balaban J connectivity index is 3.15. The predicted molar refractivity (Wildman–Crippen MR) is 47.0 cm³/mol. The van der Waals surface area contributed by atoms with Crippen LogP contribution in [0.4, 0.5) is 0 Å². The maximum atomic E-state index is 5.99. The molecule has 0 aliphatic rings. The fourth-order valence-electron chi connectivity index (χ4n) is 1.23. The number of nitrogens with zero attached hydrogens (tertiary/aromatic N) is 2. The summed E-state index contributed by atoms with van der Waals surface area (Å²) in [6, 6.07) is 0. The fraction of sp³-hybridized carbons (Fsp3) is 0.625. The molecule has 0 atom stereocenters. The van der Waals surface area contributed by atoms with Crippen LogP contribution in [0.5, 0.6) is 0 Å². The van der Waals surface area contributed by atoms with Gasteiger partial charge >= 0.3 is 0 Å². The van der Waals surface area contributed by atoms with Gasteiger partial charge < -0.3 is 0 Å². The molecule has 0 saturated carbocycles. The molecule has 1 aromatic rings. The first-order valence-electron chi connectivity index (χ1n) is 3.90. The van der Waals surface area contributed by atoms with E-state index in [2.05, 4.69) is 18.9 Å². The van der Waals surface area contributed by atoms with Gasteiger partial charge in [0.1, 0.15) is 5.15 Å². The molecule has 0 N–H and O–H groups in total. The van der Waals surface area contributed by atoms with Crippen molar-refractivity contribution < 1.29 is 0 Å². The molecule has 0 aliphatic carbocycles. The van der Waals surface area contributed by atoms with E-state index in [0.717, 1.165) is 23.7 Å². The van der Waals surface area contributed by atoms with Crippen LogP contribution in [-0.4, -0.2) is 9.78 Å². The summed E-state index contributed by atoms with van der Waals surface area (Å²) in [5.41, 5.74) is 2.32. The van der Waals surface area contributed by atoms with Crippen molar-refractivity contribution in [3.05, 3.63) is 16.4 Å². The highest BCUT2D eigenvalue weighted by Crippen LogP contribution is 2.19. The maximum Gasteiger partial charge on any atom is 0.130 e. The predicted octanol–water partition coefficient (Wildman–Crippen LogP) is 2.20. The molecule has 1 aromatic heterocycles. The van der Waals surface area contributed by atoms with Crippen molar-refractivity contribution in [3.8, 4) is 0 Å². The lowest BCUT2D eigenvalue weighted by molar-refractivity contribution is 0.747. The molecule has 0 radical (unpaired) electrons. The lowest BCUT2D eigenvalue weighted by atomic mass is 10.2. The average Bonchev–Trinajstić information content (AvgIpc) is 2.28. The smallest absolute Gasteiger partial charge is 0.130 e. The van der Waals surface area contributed by atoms with Crippen LogP contribution in [0.1, 0.15) is 25.1 Å². The van der Waals surface area contributed by atoms with Crippen molar-refractivity contribution in [3.63, 3.8) is 0 Å². The topological polar surface area (TPSA) is 17.8 Å². The van der Waals surface area contributed by atoms with Crippen LogP contribution in [0.25, 0.3) is 0 Å². The number of hydrogen-bond acceptors (Lipinski definition) is 1. The molecule has 0 amide bonds. The number of aromatic nitrogens is 2. The molecule has 0 spiro atoms. The van der Waals surface area contributed by atoms with Gasteiger partial charge in [0.25, 0.3) is 0 Å². The third-order valence-corrected chi connectivity index (χ3v) is 2.31. The normalized spacial score (nSPS) is 10.5. The minimum atomic E-state index is 0.782. The fourth-order valence-corrected chi connectivity index (χ4v) is 1.51. The third kappa shape index (κ3) is 1.41. The molecule has 0 fully saturated rings. The molecule has 0 aromatic carbocycles. The molecule has 62 valence electrons. The second-order valence-corrected chi connectivity index (χ2v) is 2.90. The summed E-state index contributed by atoms with van der Waals surface area (Å²) in [4.78, 5) is 0. The Kier molecular flexibility index (Phi) is 2.55. The zero-order valence-electron chi connectivity index (χ0n) is 7.19. The molecule has 1 rings (SSSR count). The van der Waals surface area contributed by atoms with Gasteiger partial charge in [-0.05, 0) is 12.8 Å². The van der Waals surface area contributed by atoms with Gasteiger partial charge in [-0.2, -0.15) is 5.10 Å². The maximum absolute atomic E-state index is 5.99. The van der Waals surface area contributed by atoms with Crippen LogP contribution < -0.4 is 0 Å². The SMILES string of the molecule is CCc1nn(C)c(Cl)c1CC. The van der Waals surface area contributed by atoms with Gasteiger partial charge in [-0.1, -0.05) is 25.4 Å². The van der Waals surface area contributed by atoms with Crippen molar-refractivity contribution in [2.24, 2.45) is 7.05 Å². The van der Waals surface area contributed by atoms with Crippen molar-refractivity contribution in [2.75, 3.05) is 0 Å². The Morgan fingerprint density at radius 2 is 2.00 bits per heavy atom. The number of rotatable bonds is 2. The second kappa shape index (κ2) is 3.26. The second-order valence-electron chi connectivity index (χ2n) is 2.55. The standard InChI is InChI=1S/C8H13ClN2/c1-4-6-7(5-2)10-11(3)8(6)9/h4-5H2,1-3H3. The van der Waals surface area contributed by atoms with Crippen molar-refractivity contribution in [1.82, 2.24) is 9.78 Å². The Bertz CT molecular complexity index is 253. The molecular formula is C8H13ClN2. The molecular weight excluding hydrogens is 160 g/mol. The van der Waals surface area contributed by atoms with E-state index in [-0.39, 0.29) is 0 Å². The minimum absolute atomic E-state index is 0.782. The van der Waals surface area contributed by atoms with Crippen molar-refractivity contribution in [1.29, 1.82) is 0 Å². The van der Waals surface area contributed by atoms with E-state index in [1.54, 1.807) is 4.68 Å². The third-order valence-electron chi connectivity index (χ3n) is 1.84. The summed E-state index contributed by atoms with van der Waals surface area (Å²) in [6.45, 7) is 4.19. The van der Waals surface area contributed by atoms with E-state index < -0.39 is 0 Å². The summed E-state index contributed by atoms with van der Waals surface area (Å²) < 4.78 is 1.74. The van der Waals surface area contributed by atoms with E-state index in [9.17, 15) is 0 Å². The highest BCUT2D eigenvalue weighted by molar-refractivity contribution is 6.30. The van der Waals surface area contributed by atoms with E-state index in [0.29, 0.717) is 0 Å². The van der Waals surface area contributed by atoms with Gasteiger partial charge in [0.15, 0.2) is 0 Å². The summed E-state index contributed by atoms with van der Waals surface area (Å²) in [5, 5.41) is 5.07. The molecule has 3 heteroatoms. The van der Waals surface area contributed by atoms with Gasteiger partial charge in [-0.3, -0.25) is 4.68 Å². The Morgan fingerprint density at radius 3 is 2.36 bits per heavy atom. The van der Waals surface area contributed by atoms with Gasteiger partial charge in [0.05, 0.1) is 5.69 Å². The molecule has 0 aliphatic heterocycles. The van der Waals surface area contributed by atoms with Gasteiger partial charge in [-0.25, -0.2) is 0 Å². The van der Waals surface area contributed by atoms with Crippen molar-refractivity contribution in [2.45, 2.75) is 26.7 Å². The molecule has 0 bridgehead atoms. The monoisotopic (exact) mass is 172 g/mol. The van der Waals surface area contributed by atoms with E-state index in [4.69, 9.17) is 11.6 Å². The van der Waals surface area contributed by atoms with Gasteiger partial charge in [-0.15, -0.1) is 0 Å². The largest absolute Gasteiger partial charge is 0.257 e. The molecule has 0 saturated heterocycles. The van der Waals surface area contributed by atoms with Crippen LogP contribution in [0.2, 0.25) is 5.15 Å².